The number of halogens is 2. The van der Waals surface area contributed by atoms with Gasteiger partial charge in [-0.2, -0.15) is 0 Å². The first-order valence-corrected chi connectivity index (χ1v) is 7.34. The molecule has 0 aliphatic heterocycles. The molecule has 2 aromatic carbocycles. The van der Waals surface area contributed by atoms with Crippen molar-refractivity contribution in [2.24, 2.45) is 0 Å². The van der Waals surface area contributed by atoms with E-state index in [0.717, 1.165) is 5.56 Å². The van der Waals surface area contributed by atoms with Crippen molar-refractivity contribution in [2.45, 2.75) is 18.8 Å². The van der Waals surface area contributed by atoms with Crippen LogP contribution in [0, 0.1) is 12.7 Å². The maximum Gasteiger partial charge on any atom is 0.146 e. The molecule has 2 aromatic rings. The monoisotopic (exact) mass is 321 g/mol. The minimum Gasteiger partial charge on any atom is -0.368 e. The fourth-order valence-electron chi connectivity index (χ4n) is 2.26. The summed E-state index contributed by atoms with van der Waals surface area (Å²) < 4.78 is 14.0. The van der Waals surface area contributed by atoms with Crippen LogP contribution < -0.4 is 4.90 Å². The molecule has 1 nitrogen and oxygen atoms in total. The molecule has 19 heavy (non-hydrogen) atoms. The highest BCUT2D eigenvalue weighted by Crippen LogP contribution is 2.26. The van der Waals surface area contributed by atoms with Crippen molar-refractivity contribution in [3.05, 3.63) is 65.0 Å². The summed E-state index contributed by atoms with van der Waals surface area (Å²) in [6.45, 7) is 2.76. The SMILES string of the molecule is Cc1cccc(CN(C)c2c(F)cccc2CBr)c1. The molecular formula is C16H17BrFN. The molecule has 0 unspecified atom stereocenters. The standard InChI is InChI=1S/C16H17BrFN/c1-12-5-3-6-13(9-12)11-19(2)16-14(10-17)7-4-8-15(16)18/h3-9H,10-11H2,1-2H3. The quantitative estimate of drug-likeness (QED) is 0.740. The average molecular weight is 322 g/mol. The van der Waals surface area contributed by atoms with Crippen LogP contribution in [-0.4, -0.2) is 7.05 Å². The van der Waals surface area contributed by atoms with Gasteiger partial charge in [-0.25, -0.2) is 4.39 Å². The van der Waals surface area contributed by atoms with Gasteiger partial charge in [0.1, 0.15) is 5.82 Å². The molecule has 0 aliphatic rings. The minimum atomic E-state index is -0.174. The predicted molar refractivity (Wildman–Crippen MR) is 82.3 cm³/mol. The van der Waals surface area contributed by atoms with Crippen molar-refractivity contribution >= 4 is 21.6 Å². The van der Waals surface area contributed by atoms with Gasteiger partial charge < -0.3 is 4.90 Å². The number of para-hydroxylation sites is 1. The van der Waals surface area contributed by atoms with E-state index in [1.807, 2.05) is 24.1 Å². The van der Waals surface area contributed by atoms with Gasteiger partial charge in [0.25, 0.3) is 0 Å². The average Bonchev–Trinajstić information content (AvgIpc) is 2.38. The van der Waals surface area contributed by atoms with Gasteiger partial charge in [-0.15, -0.1) is 0 Å². The highest BCUT2D eigenvalue weighted by molar-refractivity contribution is 9.08. The Morgan fingerprint density at radius 1 is 1.16 bits per heavy atom. The Labute approximate surface area is 122 Å². The summed E-state index contributed by atoms with van der Waals surface area (Å²) in [5.74, 6) is -0.174. The van der Waals surface area contributed by atoms with Gasteiger partial charge in [-0.1, -0.05) is 57.9 Å². The molecule has 0 heterocycles. The van der Waals surface area contributed by atoms with E-state index in [9.17, 15) is 4.39 Å². The highest BCUT2D eigenvalue weighted by Gasteiger charge is 2.12. The van der Waals surface area contributed by atoms with E-state index < -0.39 is 0 Å². The fourth-order valence-corrected chi connectivity index (χ4v) is 2.71. The van der Waals surface area contributed by atoms with Crippen LogP contribution in [0.25, 0.3) is 0 Å². The lowest BCUT2D eigenvalue weighted by atomic mass is 10.1. The molecule has 0 aliphatic carbocycles. The summed E-state index contributed by atoms with van der Waals surface area (Å²) in [4.78, 5) is 1.96. The van der Waals surface area contributed by atoms with E-state index in [0.29, 0.717) is 17.6 Å². The van der Waals surface area contributed by atoms with E-state index >= 15 is 0 Å². The summed E-state index contributed by atoms with van der Waals surface area (Å²) in [6, 6.07) is 13.5. The summed E-state index contributed by atoms with van der Waals surface area (Å²) in [5.41, 5.74) is 4.04. The summed E-state index contributed by atoms with van der Waals surface area (Å²) >= 11 is 3.41. The molecular weight excluding hydrogens is 305 g/mol. The van der Waals surface area contributed by atoms with E-state index in [1.54, 1.807) is 6.07 Å². The predicted octanol–water partition coefficient (Wildman–Crippen LogP) is 4.67. The zero-order valence-electron chi connectivity index (χ0n) is 11.2. The van der Waals surface area contributed by atoms with Crippen LogP contribution in [0.5, 0.6) is 0 Å². The lowest BCUT2D eigenvalue weighted by Crippen LogP contribution is -2.19. The third kappa shape index (κ3) is 3.35. The molecule has 3 heteroatoms. The molecule has 0 spiro atoms. The number of alkyl halides is 1. The Hall–Kier alpha value is -1.35. The number of nitrogens with zero attached hydrogens (tertiary/aromatic N) is 1. The third-order valence-corrected chi connectivity index (χ3v) is 3.70. The molecule has 0 saturated carbocycles. The van der Waals surface area contributed by atoms with Crippen LogP contribution in [0.15, 0.2) is 42.5 Å². The number of hydrogen-bond donors (Lipinski definition) is 0. The largest absolute Gasteiger partial charge is 0.368 e. The first kappa shape index (κ1) is 14.1. The zero-order chi connectivity index (χ0) is 13.8. The molecule has 0 atom stereocenters. The van der Waals surface area contributed by atoms with Gasteiger partial charge in [0.15, 0.2) is 0 Å². The molecule has 0 radical (unpaired) electrons. The zero-order valence-corrected chi connectivity index (χ0v) is 12.7. The van der Waals surface area contributed by atoms with Crippen molar-refractivity contribution in [2.75, 3.05) is 11.9 Å². The lowest BCUT2D eigenvalue weighted by Gasteiger charge is -2.23. The summed E-state index contributed by atoms with van der Waals surface area (Å²) in [7, 11) is 1.92. The lowest BCUT2D eigenvalue weighted by molar-refractivity contribution is 0.620. The second-order valence-electron chi connectivity index (χ2n) is 4.73. The molecule has 0 saturated heterocycles. The molecule has 0 aromatic heterocycles. The number of rotatable bonds is 4. The van der Waals surface area contributed by atoms with Crippen molar-refractivity contribution in [3.8, 4) is 0 Å². The van der Waals surface area contributed by atoms with Crippen LogP contribution in [0.4, 0.5) is 10.1 Å². The number of aryl methyl sites for hydroxylation is 1. The van der Waals surface area contributed by atoms with Crippen LogP contribution in [0.3, 0.4) is 0 Å². The van der Waals surface area contributed by atoms with Crippen LogP contribution in [-0.2, 0) is 11.9 Å². The second kappa shape index (κ2) is 6.20. The summed E-state index contributed by atoms with van der Waals surface area (Å²) in [5, 5.41) is 0.651. The number of benzene rings is 2. The Balaban J connectivity index is 2.27. The van der Waals surface area contributed by atoms with E-state index in [2.05, 4.69) is 41.1 Å². The summed E-state index contributed by atoms with van der Waals surface area (Å²) in [6.07, 6.45) is 0. The van der Waals surface area contributed by atoms with Gasteiger partial charge in [0, 0.05) is 18.9 Å². The smallest absolute Gasteiger partial charge is 0.146 e. The van der Waals surface area contributed by atoms with Gasteiger partial charge in [0.2, 0.25) is 0 Å². The Bertz CT molecular complexity index is 568. The van der Waals surface area contributed by atoms with Crippen molar-refractivity contribution in [1.82, 2.24) is 0 Å². The van der Waals surface area contributed by atoms with Gasteiger partial charge in [0.05, 0.1) is 5.69 Å². The third-order valence-electron chi connectivity index (χ3n) is 3.10. The Kier molecular flexibility index (Phi) is 4.59. The van der Waals surface area contributed by atoms with Crippen molar-refractivity contribution in [3.63, 3.8) is 0 Å². The topological polar surface area (TPSA) is 3.24 Å². The van der Waals surface area contributed by atoms with E-state index in [4.69, 9.17) is 0 Å². The molecule has 0 fully saturated rings. The number of anilines is 1. The van der Waals surface area contributed by atoms with Crippen molar-refractivity contribution in [1.29, 1.82) is 0 Å². The van der Waals surface area contributed by atoms with Gasteiger partial charge >= 0.3 is 0 Å². The van der Waals surface area contributed by atoms with Crippen LogP contribution in [0.1, 0.15) is 16.7 Å². The number of hydrogen-bond acceptors (Lipinski definition) is 1. The first-order valence-electron chi connectivity index (χ1n) is 6.22. The molecule has 100 valence electrons. The molecule has 2 rings (SSSR count). The minimum absolute atomic E-state index is 0.174. The first-order chi connectivity index (χ1) is 9.11. The normalized spacial score (nSPS) is 10.5. The second-order valence-corrected chi connectivity index (χ2v) is 5.29. The fraction of sp³-hybridized carbons (Fsp3) is 0.250. The Morgan fingerprint density at radius 3 is 2.58 bits per heavy atom. The molecule has 0 amide bonds. The molecule has 0 bridgehead atoms. The van der Waals surface area contributed by atoms with E-state index in [1.165, 1.54) is 17.2 Å². The van der Waals surface area contributed by atoms with Crippen LogP contribution >= 0.6 is 15.9 Å². The van der Waals surface area contributed by atoms with E-state index in [-0.39, 0.29) is 5.82 Å². The maximum atomic E-state index is 14.0. The van der Waals surface area contributed by atoms with Crippen molar-refractivity contribution < 1.29 is 4.39 Å². The Morgan fingerprint density at radius 2 is 1.89 bits per heavy atom. The molecule has 0 N–H and O–H groups in total. The van der Waals surface area contributed by atoms with Gasteiger partial charge in [-0.3, -0.25) is 0 Å². The van der Waals surface area contributed by atoms with Crippen LogP contribution in [0.2, 0.25) is 0 Å². The maximum absolute atomic E-state index is 14.0. The highest BCUT2D eigenvalue weighted by atomic mass is 79.9. The van der Waals surface area contributed by atoms with Gasteiger partial charge in [-0.05, 0) is 24.1 Å².